The number of rotatable bonds is 10. The molecule has 1 unspecified atom stereocenters. The molecule has 2 aromatic carbocycles. The zero-order valence-corrected chi connectivity index (χ0v) is 16.9. The number of ether oxygens (including phenoxy) is 2. The molecular formula is C23H27N3O4. The highest BCUT2D eigenvalue weighted by Crippen LogP contribution is 2.16. The van der Waals surface area contributed by atoms with Crippen molar-refractivity contribution in [2.45, 2.75) is 18.9 Å². The monoisotopic (exact) mass is 409 g/mol. The van der Waals surface area contributed by atoms with Crippen molar-refractivity contribution in [3.63, 3.8) is 0 Å². The third kappa shape index (κ3) is 6.63. The highest BCUT2D eigenvalue weighted by molar-refractivity contribution is 5.96. The van der Waals surface area contributed by atoms with E-state index < -0.39 is 0 Å². The molecule has 1 heterocycles. The first-order chi connectivity index (χ1) is 14.6. The van der Waals surface area contributed by atoms with E-state index in [-0.39, 0.29) is 24.5 Å². The molecule has 7 nitrogen and oxygen atoms in total. The second kappa shape index (κ2) is 11.0. The molecule has 0 aromatic heterocycles. The van der Waals surface area contributed by atoms with Crippen LogP contribution in [-0.2, 0) is 9.53 Å². The number of anilines is 2. The average Bonchev–Trinajstić information content (AvgIpc) is 3.29. The summed E-state index contributed by atoms with van der Waals surface area (Å²) in [4.78, 5) is 24.5. The summed E-state index contributed by atoms with van der Waals surface area (Å²) in [5.41, 5.74) is 1.91. The molecule has 0 bridgehead atoms. The first-order valence-corrected chi connectivity index (χ1v) is 10.0. The summed E-state index contributed by atoms with van der Waals surface area (Å²) < 4.78 is 10.9. The molecule has 3 rings (SSSR count). The van der Waals surface area contributed by atoms with Gasteiger partial charge in [-0.25, -0.2) is 0 Å². The minimum Gasteiger partial charge on any atom is -0.490 e. The van der Waals surface area contributed by atoms with Crippen molar-refractivity contribution in [1.29, 1.82) is 0 Å². The van der Waals surface area contributed by atoms with E-state index in [1.165, 1.54) is 0 Å². The van der Waals surface area contributed by atoms with Crippen LogP contribution in [-0.4, -0.2) is 44.2 Å². The summed E-state index contributed by atoms with van der Waals surface area (Å²) in [6.45, 7) is 5.38. The lowest BCUT2D eigenvalue weighted by molar-refractivity contribution is -0.114. The molecule has 0 radical (unpaired) electrons. The van der Waals surface area contributed by atoms with Crippen LogP contribution in [0, 0.1) is 0 Å². The van der Waals surface area contributed by atoms with Crippen LogP contribution in [0.1, 0.15) is 23.2 Å². The van der Waals surface area contributed by atoms with Gasteiger partial charge in [-0.15, -0.1) is 0 Å². The van der Waals surface area contributed by atoms with Crippen LogP contribution < -0.4 is 20.7 Å². The topological polar surface area (TPSA) is 88.7 Å². The Morgan fingerprint density at radius 3 is 2.73 bits per heavy atom. The summed E-state index contributed by atoms with van der Waals surface area (Å²) in [6.07, 6.45) is 3.78. The van der Waals surface area contributed by atoms with Crippen molar-refractivity contribution in [3.8, 4) is 5.75 Å². The molecular weight excluding hydrogens is 382 g/mol. The van der Waals surface area contributed by atoms with Crippen LogP contribution in [0.15, 0.2) is 61.2 Å². The molecule has 7 heteroatoms. The fraction of sp³-hybridized carbons (Fsp3) is 0.304. The van der Waals surface area contributed by atoms with E-state index in [2.05, 4.69) is 22.5 Å². The fourth-order valence-electron chi connectivity index (χ4n) is 3.06. The maximum absolute atomic E-state index is 12.3. The van der Waals surface area contributed by atoms with Crippen LogP contribution in [0.2, 0.25) is 0 Å². The van der Waals surface area contributed by atoms with Crippen molar-refractivity contribution in [2.24, 2.45) is 0 Å². The number of hydrogen-bond acceptors (Lipinski definition) is 5. The summed E-state index contributed by atoms with van der Waals surface area (Å²) in [6, 6.07) is 14.2. The lowest BCUT2D eigenvalue weighted by Crippen LogP contribution is -2.31. The maximum Gasteiger partial charge on any atom is 0.251 e. The van der Waals surface area contributed by atoms with Gasteiger partial charge in [0.2, 0.25) is 5.91 Å². The Hall–Kier alpha value is -3.32. The van der Waals surface area contributed by atoms with Crippen LogP contribution in [0.3, 0.4) is 0 Å². The van der Waals surface area contributed by atoms with Crippen molar-refractivity contribution < 1.29 is 19.1 Å². The SMILES string of the molecule is C=CCOc1ccc(NC(=O)CNc2cccc(C(=O)NCC3CCCO3)c2)cc1. The van der Waals surface area contributed by atoms with Gasteiger partial charge in [-0.1, -0.05) is 18.7 Å². The number of benzene rings is 2. The van der Waals surface area contributed by atoms with E-state index in [1.807, 2.05) is 6.07 Å². The normalized spacial score (nSPS) is 15.3. The highest BCUT2D eigenvalue weighted by Gasteiger charge is 2.16. The van der Waals surface area contributed by atoms with Crippen LogP contribution in [0.5, 0.6) is 5.75 Å². The molecule has 1 saturated heterocycles. The average molecular weight is 409 g/mol. The molecule has 0 spiro atoms. The van der Waals surface area contributed by atoms with Gasteiger partial charge in [0.1, 0.15) is 12.4 Å². The van der Waals surface area contributed by atoms with Gasteiger partial charge >= 0.3 is 0 Å². The van der Waals surface area contributed by atoms with Gasteiger partial charge in [0.15, 0.2) is 0 Å². The summed E-state index contributed by atoms with van der Waals surface area (Å²) >= 11 is 0. The van der Waals surface area contributed by atoms with E-state index in [0.717, 1.165) is 19.4 Å². The van der Waals surface area contributed by atoms with Gasteiger partial charge in [-0.3, -0.25) is 9.59 Å². The summed E-state index contributed by atoms with van der Waals surface area (Å²) in [5.74, 6) is 0.362. The number of hydrogen-bond donors (Lipinski definition) is 3. The molecule has 1 fully saturated rings. The minimum absolute atomic E-state index is 0.0791. The first kappa shape index (κ1) is 21.4. The number of carbonyl (C=O) groups excluding carboxylic acids is 2. The fourth-order valence-corrected chi connectivity index (χ4v) is 3.06. The van der Waals surface area contributed by atoms with Gasteiger partial charge in [0, 0.05) is 30.1 Å². The van der Waals surface area contributed by atoms with Crippen LogP contribution >= 0.6 is 0 Å². The zero-order chi connectivity index (χ0) is 21.2. The first-order valence-electron chi connectivity index (χ1n) is 10.0. The van der Waals surface area contributed by atoms with Gasteiger partial charge in [0.05, 0.1) is 12.6 Å². The highest BCUT2D eigenvalue weighted by atomic mass is 16.5. The van der Waals surface area contributed by atoms with Gasteiger partial charge < -0.3 is 25.4 Å². The minimum atomic E-state index is -0.192. The Morgan fingerprint density at radius 2 is 2.00 bits per heavy atom. The Bertz CT molecular complexity index is 861. The lowest BCUT2D eigenvalue weighted by atomic mass is 10.1. The van der Waals surface area contributed by atoms with E-state index in [9.17, 15) is 9.59 Å². The zero-order valence-electron chi connectivity index (χ0n) is 16.9. The standard InChI is InChI=1S/C23H27N3O4/c1-2-12-29-20-10-8-18(9-11-20)26-22(27)16-24-19-6-3-5-17(14-19)23(28)25-15-21-7-4-13-30-21/h2-3,5-6,8-11,14,21,24H,1,4,7,12-13,15-16H2,(H,25,28)(H,26,27). The Morgan fingerprint density at radius 1 is 1.17 bits per heavy atom. The lowest BCUT2D eigenvalue weighted by Gasteiger charge is -2.12. The van der Waals surface area contributed by atoms with Gasteiger partial charge in [0.25, 0.3) is 5.91 Å². The van der Waals surface area contributed by atoms with Gasteiger partial charge in [-0.2, -0.15) is 0 Å². The van der Waals surface area contributed by atoms with E-state index in [0.29, 0.717) is 35.8 Å². The Labute approximate surface area is 176 Å². The molecule has 0 saturated carbocycles. The third-order valence-corrected chi connectivity index (χ3v) is 4.60. The molecule has 1 aliphatic heterocycles. The number of nitrogens with one attached hydrogen (secondary N) is 3. The van der Waals surface area contributed by atoms with Crippen LogP contribution in [0.4, 0.5) is 11.4 Å². The predicted molar refractivity (Wildman–Crippen MR) is 117 cm³/mol. The quantitative estimate of drug-likeness (QED) is 0.525. The van der Waals surface area contributed by atoms with E-state index >= 15 is 0 Å². The number of amides is 2. The summed E-state index contributed by atoms with van der Waals surface area (Å²) in [7, 11) is 0. The van der Waals surface area contributed by atoms with Crippen molar-refractivity contribution >= 4 is 23.2 Å². The molecule has 3 N–H and O–H groups in total. The predicted octanol–water partition coefficient (Wildman–Crippen LogP) is 3.21. The molecule has 2 aromatic rings. The molecule has 1 aliphatic rings. The van der Waals surface area contributed by atoms with Crippen molar-refractivity contribution in [3.05, 3.63) is 66.7 Å². The van der Waals surface area contributed by atoms with Crippen molar-refractivity contribution in [2.75, 3.05) is 36.9 Å². The molecule has 2 amide bonds. The maximum atomic E-state index is 12.3. The Balaban J connectivity index is 1.45. The van der Waals surface area contributed by atoms with Gasteiger partial charge in [-0.05, 0) is 55.3 Å². The van der Waals surface area contributed by atoms with Crippen LogP contribution in [0.25, 0.3) is 0 Å². The van der Waals surface area contributed by atoms with E-state index in [4.69, 9.17) is 9.47 Å². The molecule has 158 valence electrons. The van der Waals surface area contributed by atoms with Crippen molar-refractivity contribution in [1.82, 2.24) is 5.32 Å². The second-order valence-corrected chi connectivity index (χ2v) is 6.95. The van der Waals surface area contributed by atoms with E-state index in [1.54, 1.807) is 48.5 Å². The Kier molecular flexibility index (Phi) is 7.86. The molecule has 30 heavy (non-hydrogen) atoms. The molecule has 0 aliphatic carbocycles. The number of carbonyl (C=O) groups is 2. The smallest absolute Gasteiger partial charge is 0.251 e. The summed E-state index contributed by atoms with van der Waals surface area (Å²) in [5, 5.41) is 8.75. The molecule has 1 atom stereocenters. The second-order valence-electron chi connectivity index (χ2n) is 6.95. The third-order valence-electron chi connectivity index (χ3n) is 4.60. The largest absolute Gasteiger partial charge is 0.490 e.